The van der Waals surface area contributed by atoms with Gasteiger partial charge >= 0.3 is 11.7 Å². The van der Waals surface area contributed by atoms with E-state index >= 15 is 0 Å². The lowest BCUT2D eigenvalue weighted by Gasteiger charge is -2.06. The molecule has 0 aromatic carbocycles. The van der Waals surface area contributed by atoms with E-state index in [2.05, 4.69) is 30.2 Å². The smallest absolute Gasteiger partial charge is 0.364 e. The molecule has 2 N–H and O–H groups in total. The Balaban J connectivity index is 2.57. The summed E-state index contributed by atoms with van der Waals surface area (Å²) in [6, 6.07) is 1.51. The Kier molecular flexibility index (Phi) is 3.75. The van der Waals surface area contributed by atoms with Crippen molar-refractivity contribution in [1.82, 2.24) is 20.2 Å². The second-order valence-corrected chi connectivity index (χ2v) is 3.72. The van der Waals surface area contributed by atoms with Gasteiger partial charge in [-0.15, -0.1) is 0 Å². The fourth-order valence-corrected chi connectivity index (χ4v) is 1.55. The highest BCUT2D eigenvalue weighted by Gasteiger charge is 2.30. The molecule has 0 aliphatic carbocycles. The maximum absolute atomic E-state index is 11.5. The molecule has 2 heterocycles. The maximum atomic E-state index is 11.5. The number of ether oxygens (including phenoxy) is 1. The summed E-state index contributed by atoms with van der Waals surface area (Å²) in [6.45, 7) is 0. The van der Waals surface area contributed by atoms with Gasteiger partial charge in [-0.05, 0) is 11.6 Å². The van der Waals surface area contributed by atoms with Crippen LogP contribution in [0, 0.1) is 10.1 Å². The van der Waals surface area contributed by atoms with E-state index in [1.807, 2.05) is 0 Å². The van der Waals surface area contributed by atoms with E-state index < -0.39 is 22.3 Å². The van der Waals surface area contributed by atoms with Crippen LogP contribution in [0.1, 0.15) is 10.5 Å². The van der Waals surface area contributed by atoms with Crippen LogP contribution >= 0.6 is 11.6 Å². The lowest BCUT2D eigenvalue weighted by Crippen LogP contribution is -2.12. The lowest BCUT2D eigenvalue weighted by atomic mass is 10.3. The van der Waals surface area contributed by atoms with E-state index in [0.717, 1.165) is 7.11 Å². The molecule has 0 fully saturated rings. The van der Waals surface area contributed by atoms with Crippen molar-refractivity contribution in [2.45, 2.75) is 0 Å². The average Bonchev–Trinajstić information content (AvgIpc) is 2.89. The lowest BCUT2D eigenvalue weighted by molar-refractivity contribution is -0.384. The number of hydrogen-bond donors (Lipinski definition) is 2. The van der Waals surface area contributed by atoms with Crippen LogP contribution in [0.5, 0.6) is 0 Å². The van der Waals surface area contributed by atoms with Gasteiger partial charge in [0.1, 0.15) is 5.82 Å². The van der Waals surface area contributed by atoms with E-state index in [1.54, 1.807) is 0 Å². The number of nitrogens with one attached hydrogen (secondary N) is 2. The van der Waals surface area contributed by atoms with Crippen molar-refractivity contribution < 1.29 is 14.5 Å². The third kappa shape index (κ3) is 2.64. The molecule has 0 saturated carbocycles. The van der Waals surface area contributed by atoms with Gasteiger partial charge in [0.2, 0.25) is 16.8 Å². The summed E-state index contributed by atoms with van der Waals surface area (Å²) in [7, 11) is 1.07. The molecule has 0 aliphatic rings. The number of H-pyrrole nitrogens is 1. The van der Waals surface area contributed by atoms with Crippen LogP contribution in [0.4, 0.5) is 17.3 Å². The first-order valence-corrected chi connectivity index (χ1v) is 5.47. The number of halogens is 1. The van der Waals surface area contributed by atoms with Crippen molar-refractivity contribution in [2.75, 3.05) is 12.4 Å². The molecule has 0 spiro atoms. The number of rotatable bonds is 4. The number of esters is 1. The number of methoxy groups -OCH3 is 1. The molecule has 0 radical (unpaired) electrons. The highest BCUT2D eigenvalue weighted by Crippen LogP contribution is 2.29. The Morgan fingerprint density at radius 2 is 2.30 bits per heavy atom. The first kappa shape index (κ1) is 13.7. The molecule has 20 heavy (non-hydrogen) atoms. The van der Waals surface area contributed by atoms with Crippen molar-refractivity contribution in [2.24, 2.45) is 0 Å². The predicted octanol–water partition coefficient (Wildman–Crippen LogP) is 1.29. The zero-order valence-corrected chi connectivity index (χ0v) is 10.7. The number of nitrogens with zero attached hydrogens (tertiary/aromatic N) is 4. The topological polar surface area (TPSA) is 136 Å². The van der Waals surface area contributed by atoms with E-state index in [1.165, 1.54) is 12.3 Å². The van der Waals surface area contributed by atoms with Gasteiger partial charge in [-0.25, -0.2) is 9.78 Å². The molecule has 0 atom stereocenters. The second-order valence-electron chi connectivity index (χ2n) is 3.38. The normalized spacial score (nSPS) is 10.1. The average molecular weight is 299 g/mol. The van der Waals surface area contributed by atoms with Gasteiger partial charge in [0, 0.05) is 6.07 Å². The number of carbonyl (C=O) groups excluding carboxylic acids is 1. The van der Waals surface area contributed by atoms with Crippen LogP contribution < -0.4 is 5.32 Å². The number of aromatic amines is 1. The number of anilines is 2. The van der Waals surface area contributed by atoms with Gasteiger partial charge < -0.3 is 10.1 Å². The highest BCUT2D eigenvalue weighted by atomic mass is 35.5. The molecule has 0 unspecified atom stereocenters. The van der Waals surface area contributed by atoms with Crippen molar-refractivity contribution in [3.8, 4) is 0 Å². The Morgan fingerprint density at radius 1 is 1.55 bits per heavy atom. The Morgan fingerprint density at radius 3 is 2.85 bits per heavy atom. The molecular weight excluding hydrogens is 292 g/mol. The van der Waals surface area contributed by atoms with Crippen molar-refractivity contribution in [3.63, 3.8) is 0 Å². The Labute approximate surface area is 116 Å². The van der Waals surface area contributed by atoms with E-state index in [4.69, 9.17) is 11.6 Å². The fraction of sp³-hybridized carbons (Fsp3) is 0.111. The summed E-state index contributed by atoms with van der Waals surface area (Å²) in [6.07, 6.45) is 1.43. The van der Waals surface area contributed by atoms with Crippen molar-refractivity contribution in [3.05, 3.63) is 33.4 Å². The van der Waals surface area contributed by atoms with Crippen molar-refractivity contribution >= 4 is 34.9 Å². The van der Waals surface area contributed by atoms with Gasteiger partial charge in [0.15, 0.2) is 0 Å². The third-order valence-corrected chi connectivity index (χ3v) is 2.34. The molecule has 10 nitrogen and oxygen atoms in total. The van der Waals surface area contributed by atoms with Crippen LogP contribution in [-0.2, 0) is 4.74 Å². The SMILES string of the molecule is COC(=O)c1nc(Cl)nc(Nc2ccn[nH]2)c1[N+](=O)[O-]. The molecule has 0 amide bonds. The fourth-order valence-electron chi connectivity index (χ4n) is 1.38. The second kappa shape index (κ2) is 5.48. The number of carbonyl (C=O) groups is 1. The maximum Gasteiger partial charge on any atom is 0.364 e. The number of aromatic nitrogens is 4. The van der Waals surface area contributed by atoms with Gasteiger partial charge in [-0.1, -0.05) is 0 Å². The Bertz CT molecular complexity index is 659. The predicted molar refractivity (Wildman–Crippen MR) is 66.9 cm³/mol. The van der Waals surface area contributed by atoms with Crippen molar-refractivity contribution in [1.29, 1.82) is 0 Å². The summed E-state index contributed by atoms with van der Waals surface area (Å²) in [4.78, 5) is 29.0. The summed E-state index contributed by atoms with van der Waals surface area (Å²) >= 11 is 5.65. The quantitative estimate of drug-likeness (QED) is 0.373. The minimum atomic E-state index is -0.992. The van der Waals surface area contributed by atoms with E-state index in [0.29, 0.717) is 5.82 Å². The van der Waals surface area contributed by atoms with Crippen LogP contribution in [-0.4, -0.2) is 38.2 Å². The molecule has 0 bridgehead atoms. The Hall–Kier alpha value is -2.75. The first-order chi connectivity index (χ1) is 9.52. The first-order valence-electron chi connectivity index (χ1n) is 5.09. The molecule has 0 aliphatic heterocycles. The zero-order valence-electron chi connectivity index (χ0n) is 9.95. The van der Waals surface area contributed by atoms with E-state index in [9.17, 15) is 14.9 Å². The summed E-state index contributed by atoms with van der Waals surface area (Å²) in [5.74, 6) is -0.910. The zero-order chi connectivity index (χ0) is 14.7. The van der Waals surface area contributed by atoms with Gasteiger partial charge in [0.25, 0.3) is 0 Å². The molecular formula is C9H7ClN6O4. The van der Waals surface area contributed by atoms with E-state index in [-0.39, 0.29) is 11.1 Å². The minimum Gasteiger partial charge on any atom is -0.464 e. The minimum absolute atomic E-state index is 0.250. The standard InChI is InChI=1S/C9H7ClN6O4/c1-20-8(17)5-6(16(18)19)7(14-9(10)13-5)12-4-2-3-11-15-4/h2-3H,1H3,(H2,11,12,13,14,15). The van der Waals surface area contributed by atoms with Gasteiger partial charge in [-0.3, -0.25) is 15.2 Å². The summed E-state index contributed by atoms with van der Waals surface area (Å²) in [5.41, 5.74) is -1.18. The summed E-state index contributed by atoms with van der Waals surface area (Å²) in [5, 5.41) is 19.6. The highest BCUT2D eigenvalue weighted by molar-refractivity contribution is 6.28. The molecule has 2 aromatic heterocycles. The molecule has 0 saturated heterocycles. The number of hydrogen-bond acceptors (Lipinski definition) is 8. The van der Waals surface area contributed by atoms with Crippen LogP contribution in [0.25, 0.3) is 0 Å². The molecule has 2 rings (SSSR count). The van der Waals surface area contributed by atoms with Crippen LogP contribution in [0.15, 0.2) is 12.3 Å². The number of nitro groups is 1. The molecule has 11 heteroatoms. The van der Waals surface area contributed by atoms with Crippen LogP contribution in [0.2, 0.25) is 5.28 Å². The van der Waals surface area contributed by atoms with Gasteiger partial charge in [0.05, 0.1) is 18.2 Å². The monoisotopic (exact) mass is 298 g/mol. The molecule has 2 aromatic rings. The van der Waals surface area contributed by atoms with Crippen LogP contribution in [0.3, 0.4) is 0 Å². The summed E-state index contributed by atoms with van der Waals surface area (Å²) < 4.78 is 4.43. The largest absolute Gasteiger partial charge is 0.464 e. The third-order valence-electron chi connectivity index (χ3n) is 2.17. The molecule has 104 valence electrons. The van der Waals surface area contributed by atoms with Gasteiger partial charge in [-0.2, -0.15) is 10.1 Å².